The Morgan fingerprint density at radius 1 is 1.12 bits per heavy atom. The van der Waals surface area contributed by atoms with E-state index >= 15 is 0 Å². The van der Waals surface area contributed by atoms with Crippen molar-refractivity contribution in [3.63, 3.8) is 0 Å². The van der Waals surface area contributed by atoms with Gasteiger partial charge in [-0.05, 0) is 48.6 Å². The summed E-state index contributed by atoms with van der Waals surface area (Å²) in [6.45, 7) is 3.96. The largest absolute Gasteiger partial charge is 0.370 e. The van der Waals surface area contributed by atoms with Crippen molar-refractivity contribution in [3.05, 3.63) is 64.9 Å². The molecule has 0 aromatic heterocycles. The third-order valence-electron chi connectivity index (χ3n) is 4.47. The van der Waals surface area contributed by atoms with E-state index in [0.29, 0.717) is 16.7 Å². The van der Waals surface area contributed by atoms with Gasteiger partial charge in [0.15, 0.2) is 5.11 Å². The number of anilines is 1. The van der Waals surface area contributed by atoms with Gasteiger partial charge in [0.05, 0.1) is 19.8 Å². The van der Waals surface area contributed by atoms with Crippen LogP contribution in [0.15, 0.2) is 48.5 Å². The molecule has 2 aromatic carbocycles. The number of hydrogen-bond acceptors (Lipinski definition) is 2. The number of morpholine rings is 1. The van der Waals surface area contributed by atoms with E-state index in [4.69, 9.17) is 28.6 Å². The smallest absolute Gasteiger partial charge is 0.171 e. The zero-order chi connectivity index (χ0) is 18.4. The highest BCUT2D eigenvalue weighted by Gasteiger charge is 2.26. The maximum atomic E-state index is 13.3. The summed E-state index contributed by atoms with van der Waals surface area (Å²) in [4.78, 5) is 1.41. The molecule has 3 N–H and O–H groups in total. The first-order valence-electron chi connectivity index (χ1n) is 8.60. The first-order chi connectivity index (χ1) is 12.6. The summed E-state index contributed by atoms with van der Waals surface area (Å²) < 4.78 is 18.8. The lowest BCUT2D eigenvalue weighted by atomic mass is 10.0. The Balaban J connectivity index is 1.64. The maximum absolute atomic E-state index is 13.3. The van der Waals surface area contributed by atoms with Crippen LogP contribution in [-0.2, 0) is 4.74 Å². The van der Waals surface area contributed by atoms with Gasteiger partial charge in [-0.25, -0.2) is 4.39 Å². The zero-order valence-corrected chi connectivity index (χ0v) is 15.9. The monoisotopic (exact) mass is 394 g/mol. The van der Waals surface area contributed by atoms with Gasteiger partial charge in [-0.1, -0.05) is 23.7 Å². The van der Waals surface area contributed by atoms with E-state index in [0.717, 1.165) is 37.6 Å². The van der Waals surface area contributed by atoms with E-state index in [2.05, 4.69) is 10.6 Å². The van der Waals surface area contributed by atoms with Crippen LogP contribution in [0, 0.1) is 5.82 Å². The second-order valence-electron chi connectivity index (χ2n) is 6.22. The van der Waals surface area contributed by atoms with Crippen LogP contribution < -0.4 is 15.5 Å². The Hall–Kier alpha value is -1.73. The highest BCUT2D eigenvalue weighted by molar-refractivity contribution is 7.80. The molecule has 1 aliphatic rings. The Bertz CT molecular complexity index is 721. The number of thiocarbonyl (C=S) groups is 1. The van der Waals surface area contributed by atoms with Crippen LogP contribution in [-0.4, -0.2) is 38.0 Å². The van der Waals surface area contributed by atoms with Gasteiger partial charge in [-0.3, -0.25) is 0 Å². The van der Waals surface area contributed by atoms with Crippen LogP contribution in [0.5, 0.6) is 0 Å². The highest BCUT2D eigenvalue weighted by atomic mass is 35.5. The van der Waals surface area contributed by atoms with Gasteiger partial charge in [-0.2, -0.15) is 0 Å². The zero-order valence-electron chi connectivity index (χ0n) is 14.3. The van der Waals surface area contributed by atoms with Gasteiger partial charge in [0.25, 0.3) is 0 Å². The fraction of sp³-hybridized carbons (Fsp3) is 0.316. The normalized spacial score (nSPS) is 16.1. The van der Waals surface area contributed by atoms with Crippen molar-refractivity contribution in [1.29, 1.82) is 0 Å². The molecule has 0 spiro atoms. The molecule has 1 saturated heterocycles. The summed E-state index contributed by atoms with van der Waals surface area (Å²) in [7, 11) is 0. The van der Waals surface area contributed by atoms with Crippen LogP contribution in [0.3, 0.4) is 0 Å². The topological polar surface area (TPSA) is 37.7 Å². The third kappa shape index (κ3) is 5.38. The summed E-state index contributed by atoms with van der Waals surface area (Å²) >= 11 is 11.3. The number of ether oxygens (including phenoxy) is 1. The van der Waals surface area contributed by atoms with Crippen molar-refractivity contribution in [2.24, 2.45) is 0 Å². The number of benzene rings is 2. The Kier molecular flexibility index (Phi) is 6.80. The first kappa shape index (κ1) is 19.0. The average Bonchev–Trinajstić information content (AvgIpc) is 2.66. The molecule has 1 heterocycles. The van der Waals surface area contributed by atoms with Gasteiger partial charge >= 0.3 is 0 Å². The number of rotatable bonds is 5. The lowest BCUT2D eigenvalue weighted by molar-refractivity contribution is -0.937. The van der Waals surface area contributed by atoms with Crippen LogP contribution in [0.4, 0.5) is 10.1 Å². The van der Waals surface area contributed by atoms with Crippen molar-refractivity contribution in [3.8, 4) is 0 Å². The minimum Gasteiger partial charge on any atom is -0.370 e. The van der Waals surface area contributed by atoms with Gasteiger partial charge in [0.2, 0.25) is 0 Å². The second kappa shape index (κ2) is 9.28. The van der Waals surface area contributed by atoms with E-state index < -0.39 is 0 Å². The molecular formula is C19H22ClFN3OS+. The number of nitrogens with one attached hydrogen (secondary N) is 3. The standard InChI is InChI=1S/C19H21ClFN3OS/c20-15-3-7-17(8-4-15)23-19(26)22-13-18(24-9-11-25-12-10-24)14-1-5-16(21)6-2-14/h1-8,18H,9-13H2,(H2,22,23,26)/p+1/t18-/m1/s1. The molecule has 4 nitrogen and oxygen atoms in total. The number of halogens is 2. The summed E-state index contributed by atoms with van der Waals surface area (Å²) in [6, 6.07) is 14.3. The molecule has 0 bridgehead atoms. The Morgan fingerprint density at radius 3 is 2.42 bits per heavy atom. The second-order valence-corrected chi connectivity index (χ2v) is 7.06. The minimum atomic E-state index is -0.225. The molecule has 0 saturated carbocycles. The van der Waals surface area contributed by atoms with E-state index in [-0.39, 0.29) is 11.9 Å². The molecule has 1 atom stereocenters. The van der Waals surface area contributed by atoms with Crippen LogP contribution >= 0.6 is 23.8 Å². The van der Waals surface area contributed by atoms with Crippen molar-refractivity contribution in [1.82, 2.24) is 5.32 Å². The van der Waals surface area contributed by atoms with Gasteiger partial charge in [0, 0.05) is 16.3 Å². The van der Waals surface area contributed by atoms with Gasteiger partial charge < -0.3 is 20.3 Å². The van der Waals surface area contributed by atoms with Crippen LogP contribution in [0.2, 0.25) is 5.02 Å². The molecule has 0 amide bonds. The van der Waals surface area contributed by atoms with E-state index in [1.54, 1.807) is 0 Å². The van der Waals surface area contributed by atoms with Gasteiger partial charge in [-0.15, -0.1) is 0 Å². The van der Waals surface area contributed by atoms with E-state index in [9.17, 15) is 4.39 Å². The molecule has 1 fully saturated rings. The number of hydrogen-bond donors (Lipinski definition) is 3. The molecule has 138 valence electrons. The lowest BCUT2D eigenvalue weighted by Crippen LogP contribution is -3.15. The molecule has 0 radical (unpaired) electrons. The summed E-state index contributed by atoms with van der Waals surface area (Å²) in [6.07, 6.45) is 0. The lowest BCUT2D eigenvalue weighted by Gasteiger charge is -2.32. The Morgan fingerprint density at radius 2 is 1.77 bits per heavy atom. The van der Waals surface area contributed by atoms with Crippen LogP contribution in [0.25, 0.3) is 0 Å². The van der Waals surface area contributed by atoms with E-state index in [1.807, 2.05) is 36.4 Å². The summed E-state index contributed by atoms with van der Waals surface area (Å²) in [5, 5.41) is 7.67. The quantitative estimate of drug-likeness (QED) is 0.681. The molecule has 1 aliphatic heterocycles. The molecule has 7 heteroatoms. The predicted molar refractivity (Wildman–Crippen MR) is 106 cm³/mol. The van der Waals surface area contributed by atoms with Crippen molar-refractivity contribution >= 4 is 34.6 Å². The minimum absolute atomic E-state index is 0.171. The Labute approximate surface area is 163 Å². The highest BCUT2D eigenvalue weighted by Crippen LogP contribution is 2.14. The molecule has 0 aliphatic carbocycles. The van der Waals surface area contributed by atoms with Crippen molar-refractivity contribution < 1.29 is 14.0 Å². The molecule has 0 unspecified atom stereocenters. The summed E-state index contributed by atoms with van der Waals surface area (Å²) in [5.74, 6) is -0.225. The average molecular weight is 395 g/mol. The van der Waals surface area contributed by atoms with Gasteiger partial charge in [0.1, 0.15) is 24.9 Å². The molecular weight excluding hydrogens is 373 g/mol. The molecule has 2 aromatic rings. The predicted octanol–water partition coefficient (Wildman–Crippen LogP) is 2.42. The summed E-state index contributed by atoms with van der Waals surface area (Å²) in [5.41, 5.74) is 1.97. The van der Waals surface area contributed by atoms with Crippen LogP contribution in [0.1, 0.15) is 11.6 Å². The fourth-order valence-corrected chi connectivity index (χ4v) is 3.41. The fourth-order valence-electron chi connectivity index (χ4n) is 3.08. The molecule has 26 heavy (non-hydrogen) atoms. The SMILES string of the molecule is Fc1ccc([C@@H](CNC(=S)Nc2ccc(Cl)cc2)[NH+]2CCOCC2)cc1. The van der Waals surface area contributed by atoms with Crippen molar-refractivity contribution in [2.45, 2.75) is 6.04 Å². The van der Waals surface area contributed by atoms with E-state index in [1.165, 1.54) is 17.0 Å². The first-order valence-corrected chi connectivity index (χ1v) is 9.38. The molecule has 3 rings (SSSR count). The van der Waals surface area contributed by atoms with Crippen molar-refractivity contribution in [2.75, 3.05) is 38.2 Å². The number of quaternary nitrogens is 1. The maximum Gasteiger partial charge on any atom is 0.171 e. The third-order valence-corrected chi connectivity index (χ3v) is 4.97.